The summed E-state index contributed by atoms with van der Waals surface area (Å²) in [4.78, 5) is 0. The van der Waals surface area contributed by atoms with Gasteiger partial charge in [-0.1, -0.05) is 12.1 Å². The van der Waals surface area contributed by atoms with Crippen molar-refractivity contribution in [1.82, 2.24) is 5.32 Å². The first-order chi connectivity index (χ1) is 9.33. The lowest BCUT2D eigenvalue weighted by Gasteiger charge is -2.36. The molecule has 0 spiro atoms. The molecule has 0 atom stereocenters. The van der Waals surface area contributed by atoms with Crippen LogP contribution in [0.1, 0.15) is 43.6 Å². The van der Waals surface area contributed by atoms with Crippen molar-refractivity contribution < 1.29 is 9.84 Å². The lowest BCUT2D eigenvalue weighted by Crippen LogP contribution is -2.40. The molecule has 0 aromatic heterocycles. The highest BCUT2D eigenvalue weighted by atomic mass is 16.5. The van der Waals surface area contributed by atoms with Crippen LogP contribution in [0, 0.1) is 0 Å². The van der Waals surface area contributed by atoms with Crippen molar-refractivity contribution in [2.45, 2.75) is 44.1 Å². The third kappa shape index (κ3) is 4.22. The van der Waals surface area contributed by atoms with Crippen molar-refractivity contribution in [1.29, 1.82) is 0 Å². The lowest BCUT2D eigenvalue weighted by molar-refractivity contribution is 0.273. The Morgan fingerprint density at radius 1 is 1.16 bits per heavy atom. The van der Waals surface area contributed by atoms with Crippen molar-refractivity contribution in [2.24, 2.45) is 0 Å². The van der Waals surface area contributed by atoms with Gasteiger partial charge in [-0.3, -0.25) is 0 Å². The summed E-state index contributed by atoms with van der Waals surface area (Å²) in [5.74, 6) is 1.64. The SMILES string of the molecule is COc1ccc(C2CC(NCCCCCO)C2)cc1. The van der Waals surface area contributed by atoms with Gasteiger partial charge in [0, 0.05) is 12.6 Å². The van der Waals surface area contributed by atoms with E-state index in [1.165, 1.54) is 24.8 Å². The van der Waals surface area contributed by atoms with Gasteiger partial charge < -0.3 is 15.2 Å². The largest absolute Gasteiger partial charge is 0.497 e. The number of nitrogens with one attached hydrogen (secondary N) is 1. The summed E-state index contributed by atoms with van der Waals surface area (Å²) in [6.45, 7) is 1.41. The van der Waals surface area contributed by atoms with E-state index in [1.807, 2.05) is 12.1 Å². The van der Waals surface area contributed by atoms with Crippen molar-refractivity contribution in [3.63, 3.8) is 0 Å². The zero-order chi connectivity index (χ0) is 13.5. The summed E-state index contributed by atoms with van der Waals surface area (Å²) >= 11 is 0. The van der Waals surface area contributed by atoms with Gasteiger partial charge in [-0.2, -0.15) is 0 Å². The Bertz CT molecular complexity index is 358. The molecule has 1 aromatic carbocycles. The number of aliphatic hydroxyl groups is 1. The standard InChI is InChI=1S/C16H25NO2/c1-19-16-7-5-13(6-8-16)14-11-15(12-14)17-9-3-2-4-10-18/h5-8,14-15,17-18H,2-4,9-12H2,1H3. The smallest absolute Gasteiger partial charge is 0.118 e. The van der Waals surface area contributed by atoms with Gasteiger partial charge in [-0.05, 0) is 62.3 Å². The molecule has 0 amide bonds. The van der Waals surface area contributed by atoms with Gasteiger partial charge in [0.1, 0.15) is 5.75 Å². The quantitative estimate of drug-likeness (QED) is 0.709. The van der Waals surface area contributed by atoms with Gasteiger partial charge in [0.05, 0.1) is 7.11 Å². The Kier molecular flexibility index (Phi) is 5.67. The second kappa shape index (κ2) is 7.51. The number of unbranched alkanes of at least 4 members (excludes halogenated alkanes) is 2. The van der Waals surface area contributed by atoms with Crippen LogP contribution in [0.15, 0.2) is 24.3 Å². The van der Waals surface area contributed by atoms with Crippen molar-refractivity contribution >= 4 is 0 Å². The molecule has 19 heavy (non-hydrogen) atoms. The maximum Gasteiger partial charge on any atom is 0.118 e. The first kappa shape index (κ1) is 14.4. The molecular weight excluding hydrogens is 238 g/mol. The lowest BCUT2D eigenvalue weighted by atomic mass is 9.76. The Labute approximate surface area is 116 Å². The van der Waals surface area contributed by atoms with E-state index in [4.69, 9.17) is 9.84 Å². The van der Waals surface area contributed by atoms with Gasteiger partial charge >= 0.3 is 0 Å². The monoisotopic (exact) mass is 263 g/mol. The summed E-state index contributed by atoms with van der Waals surface area (Å²) in [5, 5.41) is 12.3. The van der Waals surface area contributed by atoms with E-state index in [1.54, 1.807) is 7.11 Å². The summed E-state index contributed by atoms with van der Waals surface area (Å²) < 4.78 is 5.18. The predicted octanol–water partition coefficient (Wildman–Crippen LogP) is 2.69. The zero-order valence-corrected chi connectivity index (χ0v) is 11.8. The minimum absolute atomic E-state index is 0.322. The molecule has 1 aliphatic carbocycles. The molecule has 2 N–H and O–H groups in total. The van der Waals surface area contributed by atoms with Crippen molar-refractivity contribution in [2.75, 3.05) is 20.3 Å². The highest BCUT2D eigenvalue weighted by Gasteiger charge is 2.29. The van der Waals surface area contributed by atoms with Gasteiger partial charge in [-0.25, -0.2) is 0 Å². The highest BCUT2D eigenvalue weighted by Crippen LogP contribution is 2.37. The summed E-state index contributed by atoms with van der Waals surface area (Å²) in [6.07, 6.45) is 5.71. The van der Waals surface area contributed by atoms with Crippen LogP contribution in [0.3, 0.4) is 0 Å². The van der Waals surface area contributed by atoms with Crippen LogP contribution in [-0.4, -0.2) is 31.4 Å². The molecule has 0 unspecified atom stereocenters. The first-order valence-electron chi connectivity index (χ1n) is 7.31. The third-order valence-corrected chi connectivity index (χ3v) is 3.99. The van der Waals surface area contributed by atoms with E-state index in [0.717, 1.165) is 25.1 Å². The van der Waals surface area contributed by atoms with Crippen LogP contribution in [0.5, 0.6) is 5.75 Å². The second-order valence-electron chi connectivity index (χ2n) is 5.38. The Balaban J connectivity index is 1.62. The number of hydrogen-bond acceptors (Lipinski definition) is 3. The second-order valence-corrected chi connectivity index (χ2v) is 5.38. The average Bonchev–Trinajstić information content (AvgIpc) is 2.41. The molecule has 0 aliphatic heterocycles. The van der Waals surface area contributed by atoms with E-state index >= 15 is 0 Å². The minimum Gasteiger partial charge on any atom is -0.497 e. The Morgan fingerprint density at radius 2 is 1.89 bits per heavy atom. The molecule has 0 heterocycles. The van der Waals surface area contributed by atoms with Crippen molar-refractivity contribution in [3.05, 3.63) is 29.8 Å². The minimum atomic E-state index is 0.322. The average molecular weight is 263 g/mol. The van der Waals surface area contributed by atoms with Gasteiger partial charge in [-0.15, -0.1) is 0 Å². The predicted molar refractivity (Wildman–Crippen MR) is 77.7 cm³/mol. The Hall–Kier alpha value is -1.06. The molecule has 2 rings (SSSR count). The number of benzene rings is 1. The maximum atomic E-state index is 8.70. The molecule has 1 aromatic rings. The third-order valence-electron chi connectivity index (χ3n) is 3.99. The molecule has 1 aliphatic rings. The summed E-state index contributed by atoms with van der Waals surface area (Å²) in [6, 6.07) is 9.14. The maximum absolute atomic E-state index is 8.70. The van der Waals surface area contributed by atoms with Crippen LogP contribution < -0.4 is 10.1 Å². The van der Waals surface area contributed by atoms with Crippen molar-refractivity contribution in [3.8, 4) is 5.75 Å². The van der Waals surface area contributed by atoms with Gasteiger partial charge in [0.25, 0.3) is 0 Å². The van der Waals surface area contributed by atoms with E-state index in [0.29, 0.717) is 18.6 Å². The molecule has 1 fully saturated rings. The molecule has 106 valence electrons. The fourth-order valence-electron chi connectivity index (χ4n) is 2.65. The van der Waals surface area contributed by atoms with Crippen LogP contribution in [0.25, 0.3) is 0 Å². The van der Waals surface area contributed by atoms with E-state index in [9.17, 15) is 0 Å². The molecule has 0 saturated heterocycles. The fourth-order valence-corrected chi connectivity index (χ4v) is 2.65. The number of hydrogen-bond donors (Lipinski definition) is 2. The molecule has 0 radical (unpaired) electrons. The molecule has 3 heteroatoms. The fraction of sp³-hybridized carbons (Fsp3) is 0.625. The van der Waals surface area contributed by atoms with Crippen LogP contribution in [-0.2, 0) is 0 Å². The normalized spacial score (nSPS) is 22.0. The molecule has 1 saturated carbocycles. The number of methoxy groups -OCH3 is 1. The number of ether oxygens (including phenoxy) is 1. The zero-order valence-electron chi connectivity index (χ0n) is 11.8. The summed E-state index contributed by atoms with van der Waals surface area (Å²) in [7, 11) is 1.70. The van der Waals surface area contributed by atoms with E-state index in [2.05, 4.69) is 17.4 Å². The van der Waals surface area contributed by atoms with Crippen LogP contribution >= 0.6 is 0 Å². The van der Waals surface area contributed by atoms with Crippen LogP contribution in [0.4, 0.5) is 0 Å². The number of rotatable bonds is 8. The molecular formula is C16H25NO2. The highest BCUT2D eigenvalue weighted by molar-refractivity contribution is 5.30. The first-order valence-corrected chi connectivity index (χ1v) is 7.31. The van der Waals surface area contributed by atoms with Crippen LogP contribution in [0.2, 0.25) is 0 Å². The van der Waals surface area contributed by atoms with E-state index < -0.39 is 0 Å². The molecule has 3 nitrogen and oxygen atoms in total. The number of aliphatic hydroxyl groups excluding tert-OH is 1. The topological polar surface area (TPSA) is 41.5 Å². The van der Waals surface area contributed by atoms with Gasteiger partial charge in [0.15, 0.2) is 0 Å². The van der Waals surface area contributed by atoms with Gasteiger partial charge in [0.2, 0.25) is 0 Å². The Morgan fingerprint density at radius 3 is 2.53 bits per heavy atom. The van der Waals surface area contributed by atoms with E-state index in [-0.39, 0.29) is 0 Å². The summed E-state index contributed by atoms with van der Waals surface area (Å²) in [5.41, 5.74) is 1.43. The molecule has 0 bridgehead atoms.